The van der Waals surface area contributed by atoms with Crippen LogP contribution in [0.2, 0.25) is 0 Å². The molecule has 4 nitrogen and oxygen atoms in total. The van der Waals surface area contributed by atoms with Crippen molar-refractivity contribution in [3.8, 4) is 0 Å². The van der Waals surface area contributed by atoms with Gasteiger partial charge in [-0.3, -0.25) is 0 Å². The minimum absolute atomic E-state index is 0.187. The van der Waals surface area contributed by atoms with Crippen molar-refractivity contribution in [2.75, 3.05) is 13.6 Å². The number of thiophene rings is 1. The molecule has 0 atom stereocenters. The zero-order valence-corrected chi connectivity index (χ0v) is 12.4. The van der Waals surface area contributed by atoms with E-state index >= 15 is 0 Å². The van der Waals surface area contributed by atoms with Gasteiger partial charge in [0.05, 0.1) is 5.60 Å². The van der Waals surface area contributed by atoms with Crippen molar-refractivity contribution in [3.63, 3.8) is 0 Å². The summed E-state index contributed by atoms with van der Waals surface area (Å²) in [6.45, 7) is 2.07. The van der Waals surface area contributed by atoms with Crippen LogP contribution < -0.4 is 0 Å². The number of rotatable bonds is 4. The fraction of sp³-hybridized carbons (Fsp3) is 0.667. The first-order valence-electron chi connectivity index (χ1n) is 6.09. The minimum atomic E-state index is -3.45. The number of hydrogen-bond acceptors (Lipinski definition) is 4. The average molecular weight is 289 g/mol. The molecule has 0 radical (unpaired) electrons. The fourth-order valence-corrected chi connectivity index (χ4v) is 5.14. The third-order valence-electron chi connectivity index (χ3n) is 3.43. The smallest absolute Gasteiger partial charge is 0.252 e. The largest absolute Gasteiger partial charge is 0.389 e. The Morgan fingerprint density at radius 2 is 2.00 bits per heavy atom. The molecule has 0 bridgehead atoms. The molecule has 1 aliphatic rings. The van der Waals surface area contributed by atoms with E-state index in [2.05, 4.69) is 0 Å². The molecule has 1 aromatic heterocycles. The first kappa shape index (κ1) is 14.0. The molecule has 1 aliphatic carbocycles. The summed E-state index contributed by atoms with van der Waals surface area (Å²) in [6.07, 6.45) is 3.33. The summed E-state index contributed by atoms with van der Waals surface area (Å²) in [7, 11) is -1.91. The molecule has 102 valence electrons. The van der Waals surface area contributed by atoms with Gasteiger partial charge in [0.2, 0.25) is 0 Å². The third kappa shape index (κ3) is 2.77. The Kier molecular flexibility index (Phi) is 3.82. The monoisotopic (exact) mass is 289 g/mol. The van der Waals surface area contributed by atoms with E-state index in [1.54, 1.807) is 19.2 Å². The van der Waals surface area contributed by atoms with Gasteiger partial charge in [-0.1, -0.05) is 12.8 Å². The standard InChI is InChI=1S/C12H19NO3S2/c1-10-5-6-11(17-10)18(15,16)13(2)9-12(14)7-3-4-8-12/h5-6,14H,3-4,7-9H2,1-2H3. The molecule has 0 spiro atoms. The van der Waals surface area contributed by atoms with E-state index in [4.69, 9.17) is 0 Å². The number of likely N-dealkylation sites (N-methyl/N-ethyl adjacent to an activating group) is 1. The Morgan fingerprint density at radius 3 is 2.50 bits per heavy atom. The van der Waals surface area contributed by atoms with Crippen LogP contribution in [0.5, 0.6) is 0 Å². The highest BCUT2D eigenvalue weighted by Crippen LogP contribution is 2.32. The molecule has 1 fully saturated rings. The molecular weight excluding hydrogens is 270 g/mol. The van der Waals surface area contributed by atoms with E-state index in [0.29, 0.717) is 17.1 Å². The zero-order valence-electron chi connectivity index (χ0n) is 10.7. The van der Waals surface area contributed by atoms with E-state index < -0.39 is 15.6 Å². The highest BCUT2D eigenvalue weighted by molar-refractivity contribution is 7.91. The summed E-state index contributed by atoms with van der Waals surface area (Å²) in [5.74, 6) is 0. The van der Waals surface area contributed by atoms with Crippen molar-refractivity contribution >= 4 is 21.4 Å². The van der Waals surface area contributed by atoms with E-state index in [9.17, 15) is 13.5 Å². The molecule has 0 amide bonds. The van der Waals surface area contributed by atoms with Crippen LogP contribution in [-0.4, -0.2) is 37.0 Å². The SMILES string of the molecule is Cc1ccc(S(=O)(=O)N(C)CC2(O)CCCC2)s1. The van der Waals surface area contributed by atoms with Crippen molar-refractivity contribution in [2.45, 2.75) is 42.4 Å². The highest BCUT2D eigenvalue weighted by atomic mass is 32.2. The molecule has 1 aromatic rings. The van der Waals surface area contributed by atoms with Crippen LogP contribution in [0.4, 0.5) is 0 Å². The molecule has 1 N–H and O–H groups in total. The van der Waals surface area contributed by atoms with Gasteiger partial charge in [0.15, 0.2) is 0 Å². The van der Waals surface area contributed by atoms with Crippen molar-refractivity contribution < 1.29 is 13.5 Å². The van der Waals surface area contributed by atoms with Gasteiger partial charge >= 0.3 is 0 Å². The Labute approximate surface area is 112 Å². The summed E-state index contributed by atoms with van der Waals surface area (Å²) in [6, 6.07) is 3.43. The lowest BCUT2D eigenvalue weighted by atomic mass is 10.0. The van der Waals surface area contributed by atoms with Gasteiger partial charge in [0.25, 0.3) is 10.0 Å². The van der Waals surface area contributed by atoms with Crippen LogP contribution in [0.1, 0.15) is 30.6 Å². The molecule has 0 saturated heterocycles. The number of aryl methyl sites for hydroxylation is 1. The van der Waals surface area contributed by atoms with Crippen LogP contribution in [0, 0.1) is 6.92 Å². The molecule has 18 heavy (non-hydrogen) atoms. The van der Waals surface area contributed by atoms with E-state index in [-0.39, 0.29) is 6.54 Å². The number of hydrogen-bond donors (Lipinski definition) is 1. The van der Waals surface area contributed by atoms with E-state index in [1.165, 1.54) is 15.6 Å². The van der Waals surface area contributed by atoms with Gasteiger partial charge < -0.3 is 5.11 Å². The molecule has 0 aromatic carbocycles. The van der Waals surface area contributed by atoms with Gasteiger partial charge in [-0.25, -0.2) is 8.42 Å². The van der Waals surface area contributed by atoms with Gasteiger partial charge in [-0.2, -0.15) is 4.31 Å². The second-order valence-electron chi connectivity index (χ2n) is 5.06. The van der Waals surface area contributed by atoms with Crippen molar-refractivity contribution in [1.82, 2.24) is 4.31 Å². The number of aliphatic hydroxyl groups is 1. The third-order valence-corrected chi connectivity index (χ3v) is 6.70. The minimum Gasteiger partial charge on any atom is -0.389 e. The maximum Gasteiger partial charge on any atom is 0.252 e. The topological polar surface area (TPSA) is 57.6 Å². The van der Waals surface area contributed by atoms with E-state index in [0.717, 1.165) is 17.7 Å². The van der Waals surface area contributed by atoms with Gasteiger partial charge in [-0.15, -0.1) is 11.3 Å². The van der Waals surface area contributed by atoms with Crippen LogP contribution in [-0.2, 0) is 10.0 Å². The van der Waals surface area contributed by atoms with Crippen molar-refractivity contribution in [1.29, 1.82) is 0 Å². The Bertz CT molecular complexity index is 515. The maximum absolute atomic E-state index is 12.3. The highest BCUT2D eigenvalue weighted by Gasteiger charge is 2.36. The molecule has 0 aliphatic heterocycles. The molecule has 6 heteroatoms. The summed E-state index contributed by atoms with van der Waals surface area (Å²) < 4.78 is 26.2. The zero-order chi connectivity index (χ0) is 13.4. The Balaban J connectivity index is 2.15. The van der Waals surface area contributed by atoms with Crippen LogP contribution in [0.3, 0.4) is 0 Å². The summed E-state index contributed by atoms with van der Waals surface area (Å²) in [4.78, 5) is 0.974. The maximum atomic E-state index is 12.3. The summed E-state index contributed by atoms with van der Waals surface area (Å²) in [5.41, 5.74) is -0.839. The number of sulfonamides is 1. The predicted octanol–water partition coefficient (Wildman–Crippen LogP) is 1.98. The quantitative estimate of drug-likeness (QED) is 0.922. The van der Waals surface area contributed by atoms with Gasteiger partial charge in [0.1, 0.15) is 4.21 Å². The molecule has 1 heterocycles. The molecule has 0 unspecified atom stereocenters. The first-order valence-corrected chi connectivity index (χ1v) is 8.34. The van der Waals surface area contributed by atoms with Gasteiger partial charge in [-0.05, 0) is 31.9 Å². The van der Waals surface area contributed by atoms with E-state index in [1.807, 2.05) is 6.92 Å². The Hall–Kier alpha value is -0.430. The van der Waals surface area contributed by atoms with Crippen LogP contribution >= 0.6 is 11.3 Å². The second kappa shape index (κ2) is 4.92. The van der Waals surface area contributed by atoms with Gasteiger partial charge in [0, 0.05) is 18.5 Å². The normalized spacial score (nSPS) is 19.6. The predicted molar refractivity (Wildman–Crippen MR) is 72.3 cm³/mol. The first-order chi connectivity index (χ1) is 8.33. The number of nitrogens with zero attached hydrogens (tertiary/aromatic N) is 1. The lowest BCUT2D eigenvalue weighted by molar-refractivity contribution is 0.0334. The van der Waals surface area contributed by atoms with Crippen molar-refractivity contribution in [2.24, 2.45) is 0 Å². The molecule has 2 rings (SSSR count). The average Bonchev–Trinajstić information content (AvgIpc) is 2.87. The van der Waals surface area contributed by atoms with Crippen LogP contribution in [0.25, 0.3) is 0 Å². The molecular formula is C12H19NO3S2. The lowest BCUT2D eigenvalue weighted by Crippen LogP contribution is -2.41. The molecule has 1 saturated carbocycles. The van der Waals surface area contributed by atoms with Crippen molar-refractivity contribution in [3.05, 3.63) is 17.0 Å². The Morgan fingerprint density at radius 1 is 1.39 bits per heavy atom. The fourth-order valence-electron chi connectivity index (χ4n) is 2.40. The summed E-state index contributed by atoms with van der Waals surface area (Å²) in [5, 5.41) is 10.3. The van der Waals surface area contributed by atoms with Crippen LogP contribution in [0.15, 0.2) is 16.3 Å². The lowest BCUT2D eigenvalue weighted by Gasteiger charge is -2.27. The summed E-state index contributed by atoms with van der Waals surface area (Å²) >= 11 is 1.27. The second-order valence-corrected chi connectivity index (χ2v) is 8.62.